The number of benzene rings is 2. The van der Waals surface area contributed by atoms with Gasteiger partial charge in [0, 0.05) is 24.2 Å². The molecule has 2 amide bonds. The molecule has 3 rings (SSSR count). The van der Waals surface area contributed by atoms with Gasteiger partial charge >= 0.3 is 0 Å². The van der Waals surface area contributed by atoms with Crippen LogP contribution in [0.4, 0.5) is 0 Å². The van der Waals surface area contributed by atoms with Crippen LogP contribution in [0.1, 0.15) is 40.5 Å². The van der Waals surface area contributed by atoms with Crippen molar-refractivity contribution < 1.29 is 27.5 Å². The van der Waals surface area contributed by atoms with Crippen LogP contribution in [0, 0.1) is 0 Å². The maximum absolute atomic E-state index is 12.6. The van der Waals surface area contributed by atoms with Gasteiger partial charge in [0.25, 0.3) is 11.8 Å². The smallest absolute Gasteiger partial charge is 0.269 e. The second-order valence-corrected chi connectivity index (χ2v) is 8.78. The molecule has 1 saturated heterocycles. The molecule has 1 fully saturated rings. The van der Waals surface area contributed by atoms with Crippen LogP contribution < -0.4 is 20.3 Å². The number of hydrogen-bond acceptors (Lipinski definition) is 6. The first-order valence-corrected chi connectivity index (χ1v) is 11.3. The molecule has 2 aromatic carbocycles. The Hall–Kier alpha value is -3.11. The van der Waals surface area contributed by atoms with E-state index in [-0.39, 0.29) is 16.0 Å². The highest BCUT2D eigenvalue weighted by atomic mass is 32.2. The van der Waals surface area contributed by atoms with Crippen molar-refractivity contribution >= 4 is 21.8 Å². The summed E-state index contributed by atoms with van der Waals surface area (Å²) in [7, 11) is -2.05. The lowest BCUT2D eigenvalue weighted by Gasteiger charge is -2.15. The van der Waals surface area contributed by atoms with Gasteiger partial charge in [-0.25, -0.2) is 8.42 Å². The first kappa shape index (κ1) is 22.6. The van der Waals surface area contributed by atoms with E-state index < -0.39 is 21.8 Å². The second kappa shape index (κ2) is 9.80. The van der Waals surface area contributed by atoms with E-state index in [0.29, 0.717) is 31.2 Å². The third kappa shape index (κ3) is 5.15. The average Bonchev–Trinajstić information content (AvgIpc) is 3.33. The van der Waals surface area contributed by atoms with Gasteiger partial charge in [-0.3, -0.25) is 20.4 Å². The molecule has 1 heterocycles. The van der Waals surface area contributed by atoms with Gasteiger partial charge in [-0.1, -0.05) is 0 Å². The topological polar surface area (TPSA) is 114 Å². The lowest BCUT2D eigenvalue weighted by atomic mass is 10.2. The van der Waals surface area contributed by atoms with Gasteiger partial charge in [0.2, 0.25) is 10.0 Å². The van der Waals surface area contributed by atoms with Crippen molar-refractivity contribution in [1.29, 1.82) is 0 Å². The Morgan fingerprint density at radius 2 is 1.52 bits per heavy atom. The van der Waals surface area contributed by atoms with Crippen molar-refractivity contribution in [1.82, 2.24) is 15.2 Å². The number of methoxy groups -OCH3 is 1. The largest absolute Gasteiger partial charge is 0.493 e. The second-order valence-electron chi connectivity index (χ2n) is 6.84. The summed E-state index contributed by atoms with van der Waals surface area (Å²) in [4.78, 5) is 24.8. The maximum atomic E-state index is 12.6. The minimum atomic E-state index is -3.55. The molecule has 0 spiro atoms. The summed E-state index contributed by atoms with van der Waals surface area (Å²) in [5, 5.41) is 0. The molecule has 0 atom stereocenters. The van der Waals surface area contributed by atoms with Gasteiger partial charge in [0.05, 0.1) is 18.6 Å². The van der Waals surface area contributed by atoms with Gasteiger partial charge < -0.3 is 9.47 Å². The predicted molar refractivity (Wildman–Crippen MR) is 114 cm³/mol. The lowest BCUT2D eigenvalue weighted by molar-refractivity contribution is 0.0846. The first-order chi connectivity index (χ1) is 14.9. The highest BCUT2D eigenvalue weighted by Gasteiger charge is 2.27. The molecule has 0 saturated carbocycles. The fourth-order valence-corrected chi connectivity index (χ4v) is 4.72. The fraction of sp³-hybridized carbons (Fsp3) is 0.333. The Bertz CT molecular complexity index is 1050. The van der Waals surface area contributed by atoms with E-state index in [4.69, 9.17) is 9.47 Å². The molecule has 2 N–H and O–H groups in total. The Morgan fingerprint density at radius 3 is 2.10 bits per heavy atom. The van der Waals surface area contributed by atoms with Crippen molar-refractivity contribution in [3.05, 3.63) is 53.6 Å². The Labute approximate surface area is 181 Å². The molecular weight excluding hydrogens is 422 g/mol. The third-order valence-electron chi connectivity index (χ3n) is 4.83. The van der Waals surface area contributed by atoms with E-state index in [9.17, 15) is 18.0 Å². The van der Waals surface area contributed by atoms with Crippen molar-refractivity contribution in [3.63, 3.8) is 0 Å². The van der Waals surface area contributed by atoms with Crippen LogP contribution in [0.5, 0.6) is 11.5 Å². The van der Waals surface area contributed by atoms with E-state index in [1.165, 1.54) is 41.7 Å². The monoisotopic (exact) mass is 447 g/mol. The first-order valence-electron chi connectivity index (χ1n) is 9.88. The normalized spacial score (nSPS) is 14.1. The summed E-state index contributed by atoms with van der Waals surface area (Å²) in [6, 6.07) is 10.3. The number of hydrazine groups is 1. The van der Waals surface area contributed by atoms with E-state index in [1.807, 2.05) is 6.92 Å². The summed E-state index contributed by atoms with van der Waals surface area (Å²) in [5.74, 6) is -0.201. The zero-order chi connectivity index (χ0) is 22.4. The molecule has 166 valence electrons. The number of sulfonamides is 1. The van der Waals surface area contributed by atoms with Crippen LogP contribution >= 0.6 is 0 Å². The number of amides is 2. The van der Waals surface area contributed by atoms with E-state index >= 15 is 0 Å². The zero-order valence-corrected chi connectivity index (χ0v) is 18.2. The highest BCUT2D eigenvalue weighted by Crippen LogP contribution is 2.28. The molecule has 10 heteroatoms. The summed E-state index contributed by atoms with van der Waals surface area (Å²) in [6.07, 6.45) is 1.69. The Kier molecular flexibility index (Phi) is 7.13. The summed E-state index contributed by atoms with van der Waals surface area (Å²) in [6.45, 7) is 3.23. The van der Waals surface area contributed by atoms with Crippen LogP contribution in [0.25, 0.3) is 0 Å². The van der Waals surface area contributed by atoms with Crippen LogP contribution in [0.15, 0.2) is 47.4 Å². The van der Waals surface area contributed by atoms with Crippen LogP contribution in [-0.4, -0.2) is 51.3 Å². The third-order valence-corrected chi connectivity index (χ3v) is 6.75. The van der Waals surface area contributed by atoms with Gasteiger partial charge in [0.1, 0.15) is 0 Å². The fourth-order valence-electron chi connectivity index (χ4n) is 3.20. The molecule has 31 heavy (non-hydrogen) atoms. The minimum absolute atomic E-state index is 0.136. The quantitative estimate of drug-likeness (QED) is 0.627. The van der Waals surface area contributed by atoms with Crippen molar-refractivity contribution in [2.45, 2.75) is 24.7 Å². The van der Waals surface area contributed by atoms with Crippen molar-refractivity contribution in [3.8, 4) is 11.5 Å². The predicted octanol–water partition coefficient (Wildman–Crippen LogP) is 1.95. The molecule has 0 bridgehead atoms. The molecule has 0 unspecified atom stereocenters. The molecule has 9 nitrogen and oxygen atoms in total. The minimum Gasteiger partial charge on any atom is -0.493 e. The number of rotatable bonds is 7. The van der Waals surface area contributed by atoms with E-state index in [1.54, 1.807) is 12.1 Å². The summed E-state index contributed by atoms with van der Waals surface area (Å²) in [5.41, 5.74) is 5.14. The average molecular weight is 448 g/mol. The van der Waals surface area contributed by atoms with Crippen molar-refractivity contribution in [2.24, 2.45) is 0 Å². The van der Waals surface area contributed by atoms with Gasteiger partial charge in [-0.05, 0) is 62.2 Å². The summed E-state index contributed by atoms with van der Waals surface area (Å²) < 4.78 is 37.2. The number of carbonyl (C=O) groups is 2. The standard InChI is InChI=1S/C21H25N3O6S/c1-3-30-19-14-16(8-11-18(19)29-2)21(26)23-22-20(25)15-6-9-17(10-7-15)31(27,28)24-12-4-5-13-24/h6-11,14H,3-5,12-13H2,1-2H3,(H,22,25)(H,23,26). The molecular formula is C21H25N3O6S. The number of carbonyl (C=O) groups excluding carboxylic acids is 2. The maximum Gasteiger partial charge on any atom is 0.269 e. The van der Waals surface area contributed by atoms with Crippen LogP contribution in [0.3, 0.4) is 0 Å². The number of nitrogens with one attached hydrogen (secondary N) is 2. The SMILES string of the molecule is CCOc1cc(C(=O)NNC(=O)c2ccc(S(=O)(=O)N3CCCC3)cc2)ccc1OC. The van der Waals surface area contributed by atoms with Crippen LogP contribution in [0.2, 0.25) is 0 Å². The molecule has 1 aliphatic rings. The Morgan fingerprint density at radius 1 is 0.935 bits per heavy atom. The molecule has 0 aliphatic carbocycles. The molecule has 0 radical (unpaired) electrons. The lowest BCUT2D eigenvalue weighted by Crippen LogP contribution is -2.41. The molecule has 0 aromatic heterocycles. The molecule has 1 aliphatic heterocycles. The summed E-state index contributed by atoms with van der Waals surface area (Å²) >= 11 is 0. The molecule has 2 aromatic rings. The number of nitrogens with zero attached hydrogens (tertiary/aromatic N) is 1. The number of hydrogen-bond donors (Lipinski definition) is 2. The zero-order valence-electron chi connectivity index (χ0n) is 17.4. The number of ether oxygens (including phenoxy) is 2. The van der Waals surface area contributed by atoms with Crippen molar-refractivity contribution in [2.75, 3.05) is 26.8 Å². The van der Waals surface area contributed by atoms with E-state index in [2.05, 4.69) is 10.9 Å². The highest BCUT2D eigenvalue weighted by molar-refractivity contribution is 7.89. The van der Waals surface area contributed by atoms with E-state index in [0.717, 1.165) is 12.8 Å². The Balaban J connectivity index is 1.63. The van der Waals surface area contributed by atoms with Crippen LogP contribution in [-0.2, 0) is 10.0 Å². The van der Waals surface area contributed by atoms with Gasteiger partial charge in [-0.15, -0.1) is 0 Å². The van der Waals surface area contributed by atoms with Gasteiger partial charge in [-0.2, -0.15) is 4.31 Å². The van der Waals surface area contributed by atoms with Gasteiger partial charge in [0.15, 0.2) is 11.5 Å².